The van der Waals surface area contributed by atoms with Crippen LogP contribution in [0.5, 0.6) is 0 Å². The summed E-state index contributed by atoms with van der Waals surface area (Å²) in [5.41, 5.74) is 0. The molecule has 0 saturated carbocycles. The lowest BCUT2D eigenvalue weighted by molar-refractivity contribution is 0.110. The number of ether oxygens (including phenoxy) is 1. The van der Waals surface area contributed by atoms with Gasteiger partial charge in [0, 0.05) is 19.2 Å². The summed E-state index contributed by atoms with van der Waals surface area (Å²) in [6.45, 7) is 13.8. The van der Waals surface area contributed by atoms with E-state index in [1.165, 1.54) is 6.42 Å². The van der Waals surface area contributed by atoms with Crippen molar-refractivity contribution in [1.29, 1.82) is 0 Å². The Hall–Kier alpha value is -0.0800. The molecule has 0 aromatic heterocycles. The molecule has 0 aromatic rings. The first-order valence-electron chi connectivity index (χ1n) is 5.83. The zero-order chi connectivity index (χ0) is 11.0. The van der Waals surface area contributed by atoms with Crippen LogP contribution in [0.25, 0.3) is 0 Å². The van der Waals surface area contributed by atoms with E-state index in [1.807, 2.05) is 0 Å². The van der Waals surface area contributed by atoms with Crippen LogP contribution in [0.3, 0.4) is 0 Å². The molecule has 0 fully saturated rings. The summed E-state index contributed by atoms with van der Waals surface area (Å²) < 4.78 is 5.49. The van der Waals surface area contributed by atoms with Crippen molar-refractivity contribution in [3.05, 3.63) is 0 Å². The molecule has 14 heavy (non-hydrogen) atoms. The lowest BCUT2D eigenvalue weighted by Crippen LogP contribution is -2.30. The van der Waals surface area contributed by atoms with E-state index >= 15 is 0 Å². The van der Waals surface area contributed by atoms with E-state index in [9.17, 15) is 0 Å². The van der Waals surface area contributed by atoms with Gasteiger partial charge in [0.15, 0.2) is 0 Å². The largest absolute Gasteiger partial charge is 0.380 e. The molecular weight excluding hydrogens is 174 g/mol. The van der Waals surface area contributed by atoms with Gasteiger partial charge in [-0.25, -0.2) is 0 Å². The maximum absolute atomic E-state index is 5.49. The van der Waals surface area contributed by atoms with E-state index in [1.54, 1.807) is 0 Å². The maximum atomic E-state index is 5.49. The fourth-order valence-corrected chi connectivity index (χ4v) is 1.49. The minimum absolute atomic E-state index is 0.609. The molecule has 0 radical (unpaired) electrons. The Morgan fingerprint density at radius 3 is 2.14 bits per heavy atom. The predicted octanol–water partition coefficient (Wildman–Crippen LogP) is 2.68. The lowest BCUT2D eigenvalue weighted by atomic mass is 10.1. The monoisotopic (exact) mass is 201 g/mol. The van der Waals surface area contributed by atoms with Crippen LogP contribution < -0.4 is 5.32 Å². The molecule has 1 N–H and O–H groups in total. The average Bonchev–Trinajstić information content (AvgIpc) is 2.01. The molecule has 0 bridgehead atoms. The molecule has 86 valence electrons. The van der Waals surface area contributed by atoms with Crippen LogP contribution in [0.4, 0.5) is 0 Å². The molecule has 1 unspecified atom stereocenters. The first-order chi connectivity index (χ1) is 6.52. The lowest BCUT2D eigenvalue weighted by Gasteiger charge is -2.16. The van der Waals surface area contributed by atoms with E-state index in [2.05, 4.69) is 39.9 Å². The van der Waals surface area contributed by atoms with Gasteiger partial charge >= 0.3 is 0 Å². The van der Waals surface area contributed by atoms with Gasteiger partial charge in [-0.3, -0.25) is 0 Å². The molecule has 2 heteroatoms. The first kappa shape index (κ1) is 13.9. The molecule has 0 aliphatic heterocycles. The van der Waals surface area contributed by atoms with Crippen molar-refractivity contribution in [2.75, 3.05) is 19.8 Å². The Balaban J connectivity index is 3.19. The van der Waals surface area contributed by atoms with Crippen molar-refractivity contribution in [2.24, 2.45) is 11.8 Å². The van der Waals surface area contributed by atoms with E-state index in [-0.39, 0.29) is 0 Å². The summed E-state index contributed by atoms with van der Waals surface area (Å²) in [6, 6.07) is 0.609. The van der Waals surface area contributed by atoms with Gasteiger partial charge in [-0.15, -0.1) is 0 Å². The predicted molar refractivity (Wildman–Crippen MR) is 62.6 cm³/mol. The molecule has 0 aromatic carbocycles. The second-order valence-corrected chi connectivity index (χ2v) is 4.95. The highest BCUT2D eigenvalue weighted by molar-refractivity contribution is 4.62. The van der Waals surface area contributed by atoms with Gasteiger partial charge in [0.05, 0.1) is 6.61 Å². The van der Waals surface area contributed by atoms with Crippen molar-refractivity contribution < 1.29 is 4.74 Å². The standard InChI is InChI=1S/C12H27NO/c1-10(2)8-12(5)13-6-7-14-9-11(3)4/h10-13H,6-9H2,1-5H3. The Kier molecular flexibility index (Phi) is 8.20. The van der Waals surface area contributed by atoms with Crippen molar-refractivity contribution in [3.63, 3.8) is 0 Å². The number of hydrogen-bond acceptors (Lipinski definition) is 2. The van der Waals surface area contributed by atoms with E-state index in [0.29, 0.717) is 12.0 Å². The van der Waals surface area contributed by atoms with Crippen LogP contribution in [0.15, 0.2) is 0 Å². The average molecular weight is 201 g/mol. The second-order valence-electron chi connectivity index (χ2n) is 4.95. The van der Waals surface area contributed by atoms with Gasteiger partial charge in [-0.2, -0.15) is 0 Å². The highest BCUT2D eigenvalue weighted by atomic mass is 16.5. The second kappa shape index (κ2) is 8.25. The molecule has 0 saturated heterocycles. The Labute approximate surface area is 89.4 Å². The molecule has 0 aliphatic rings. The number of rotatable bonds is 8. The molecule has 2 nitrogen and oxygen atoms in total. The summed E-state index contributed by atoms with van der Waals surface area (Å²) in [5, 5.41) is 3.46. The number of hydrogen-bond donors (Lipinski definition) is 1. The van der Waals surface area contributed by atoms with Gasteiger partial charge in [0.25, 0.3) is 0 Å². The number of nitrogens with one attached hydrogen (secondary N) is 1. The van der Waals surface area contributed by atoms with E-state index in [4.69, 9.17) is 4.74 Å². The van der Waals surface area contributed by atoms with Gasteiger partial charge < -0.3 is 10.1 Å². The minimum Gasteiger partial charge on any atom is -0.380 e. The zero-order valence-corrected chi connectivity index (χ0v) is 10.5. The Morgan fingerprint density at radius 1 is 1.00 bits per heavy atom. The molecule has 0 aliphatic carbocycles. The maximum Gasteiger partial charge on any atom is 0.0591 e. The Morgan fingerprint density at radius 2 is 1.64 bits per heavy atom. The highest BCUT2D eigenvalue weighted by Gasteiger charge is 2.03. The molecule has 0 spiro atoms. The van der Waals surface area contributed by atoms with Crippen molar-refractivity contribution in [3.8, 4) is 0 Å². The third-order valence-corrected chi connectivity index (χ3v) is 2.02. The van der Waals surface area contributed by atoms with Crippen LogP contribution in [-0.2, 0) is 4.74 Å². The summed E-state index contributed by atoms with van der Waals surface area (Å²) in [5.74, 6) is 1.41. The molecule has 0 rings (SSSR count). The molecular formula is C12H27NO. The summed E-state index contributed by atoms with van der Waals surface area (Å²) in [4.78, 5) is 0. The molecule has 0 heterocycles. The smallest absolute Gasteiger partial charge is 0.0591 e. The normalized spacial score (nSPS) is 13.9. The van der Waals surface area contributed by atoms with E-state index in [0.717, 1.165) is 25.7 Å². The van der Waals surface area contributed by atoms with Crippen LogP contribution in [0.1, 0.15) is 41.0 Å². The highest BCUT2D eigenvalue weighted by Crippen LogP contribution is 2.03. The fraction of sp³-hybridized carbons (Fsp3) is 1.00. The van der Waals surface area contributed by atoms with Gasteiger partial charge in [-0.05, 0) is 25.2 Å². The van der Waals surface area contributed by atoms with Crippen LogP contribution in [0, 0.1) is 11.8 Å². The molecule has 0 amide bonds. The summed E-state index contributed by atoms with van der Waals surface area (Å²) in [7, 11) is 0. The van der Waals surface area contributed by atoms with Crippen molar-refractivity contribution >= 4 is 0 Å². The van der Waals surface area contributed by atoms with Gasteiger partial charge in [-0.1, -0.05) is 27.7 Å². The quantitative estimate of drug-likeness (QED) is 0.610. The van der Waals surface area contributed by atoms with Crippen molar-refractivity contribution in [1.82, 2.24) is 5.32 Å². The van der Waals surface area contributed by atoms with Crippen LogP contribution >= 0.6 is 0 Å². The summed E-state index contributed by atoms with van der Waals surface area (Å²) >= 11 is 0. The minimum atomic E-state index is 0.609. The zero-order valence-electron chi connectivity index (χ0n) is 10.5. The van der Waals surface area contributed by atoms with Crippen LogP contribution in [0.2, 0.25) is 0 Å². The van der Waals surface area contributed by atoms with Gasteiger partial charge in [0.1, 0.15) is 0 Å². The first-order valence-corrected chi connectivity index (χ1v) is 5.83. The third-order valence-electron chi connectivity index (χ3n) is 2.02. The van der Waals surface area contributed by atoms with E-state index < -0.39 is 0 Å². The molecule has 1 atom stereocenters. The third kappa shape index (κ3) is 10.0. The topological polar surface area (TPSA) is 21.3 Å². The SMILES string of the molecule is CC(C)COCCNC(C)CC(C)C. The van der Waals surface area contributed by atoms with Gasteiger partial charge in [0.2, 0.25) is 0 Å². The summed E-state index contributed by atoms with van der Waals surface area (Å²) in [6.07, 6.45) is 1.24. The fourth-order valence-electron chi connectivity index (χ4n) is 1.49. The van der Waals surface area contributed by atoms with Crippen LogP contribution in [-0.4, -0.2) is 25.8 Å². The van der Waals surface area contributed by atoms with Crippen molar-refractivity contribution in [2.45, 2.75) is 47.1 Å². The Bertz CT molecular complexity index is 123.